The van der Waals surface area contributed by atoms with Gasteiger partial charge in [0.25, 0.3) is 0 Å². The maximum Gasteiger partial charge on any atom is 0.313 e. The Morgan fingerprint density at radius 1 is 1.24 bits per heavy atom. The minimum absolute atomic E-state index is 0.217. The van der Waals surface area contributed by atoms with E-state index in [1.807, 2.05) is 14.1 Å². The smallest absolute Gasteiger partial charge is 0.313 e. The number of nitrogens with one attached hydrogen (secondary N) is 2. The van der Waals surface area contributed by atoms with Gasteiger partial charge in [-0.1, -0.05) is 19.3 Å². The third kappa shape index (κ3) is 5.78. The van der Waals surface area contributed by atoms with Crippen LogP contribution in [0.2, 0.25) is 0 Å². The highest BCUT2D eigenvalue weighted by Crippen LogP contribution is 2.28. The number of hydrogen-bond acceptors (Lipinski definition) is 3. The van der Waals surface area contributed by atoms with Crippen molar-refractivity contribution in [1.82, 2.24) is 10.2 Å². The topological polar surface area (TPSA) is 61.4 Å². The van der Waals surface area contributed by atoms with Crippen LogP contribution in [0.5, 0.6) is 0 Å². The molecule has 2 amide bonds. The summed E-state index contributed by atoms with van der Waals surface area (Å²) >= 11 is 3.16. The van der Waals surface area contributed by atoms with Crippen LogP contribution in [0.25, 0.3) is 0 Å². The first-order valence-electron chi connectivity index (χ1n) is 8.59. The van der Waals surface area contributed by atoms with Crippen molar-refractivity contribution in [3.63, 3.8) is 0 Å². The summed E-state index contributed by atoms with van der Waals surface area (Å²) in [6, 6.07) is 4.09. The average molecular weight is 414 g/mol. The molecule has 1 aliphatic rings. The normalized spacial score (nSPS) is 16.5. The largest absolute Gasteiger partial charge is 0.346 e. The molecule has 1 fully saturated rings. The molecular weight excluding hydrogens is 389 g/mol. The Labute approximate surface area is 156 Å². The van der Waals surface area contributed by atoms with E-state index in [4.69, 9.17) is 0 Å². The molecule has 0 aromatic heterocycles. The van der Waals surface area contributed by atoms with Crippen molar-refractivity contribution in [2.75, 3.05) is 26.0 Å². The van der Waals surface area contributed by atoms with Crippen LogP contribution in [0, 0.1) is 11.7 Å². The molecule has 1 aromatic rings. The molecule has 0 aliphatic heterocycles. The summed E-state index contributed by atoms with van der Waals surface area (Å²) in [6.45, 7) is 0.439. The molecule has 0 spiro atoms. The summed E-state index contributed by atoms with van der Waals surface area (Å²) in [5.41, 5.74) is 0.359. The number of amides is 2. The number of carbonyl (C=O) groups is 2. The maximum atomic E-state index is 13.1. The van der Waals surface area contributed by atoms with Crippen molar-refractivity contribution in [1.29, 1.82) is 0 Å². The first-order chi connectivity index (χ1) is 11.9. The number of likely N-dealkylation sites (N-methyl/N-ethyl adjacent to an activating group) is 1. The van der Waals surface area contributed by atoms with Gasteiger partial charge in [0.05, 0.1) is 5.69 Å². The maximum absolute atomic E-state index is 13.1. The minimum atomic E-state index is -0.756. The third-order valence-corrected chi connectivity index (χ3v) is 5.37. The molecule has 0 bridgehead atoms. The van der Waals surface area contributed by atoms with Crippen LogP contribution >= 0.6 is 15.9 Å². The van der Waals surface area contributed by atoms with Crippen molar-refractivity contribution in [2.45, 2.75) is 38.1 Å². The molecule has 5 nitrogen and oxygen atoms in total. The Morgan fingerprint density at radius 3 is 2.52 bits per heavy atom. The van der Waals surface area contributed by atoms with E-state index in [0.717, 1.165) is 12.8 Å². The minimum Gasteiger partial charge on any atom is -0.346 e. The van der Waals surface area contributed by atoms with Crippen LogP contribution in [0.15, 0.2) is 22.7 Å². The van der Waals surface area contributed by atoms with E-state index in [2.05, 4.69) is 31.5 Å². The fraction of sp³-hybridized carbons (Fsp3) is 0.556. The molecule has 1 aromatic carbocycles. The van der Waals surface area contributed by atoms with Crippen LogP contribution in [0.4, 0.5) is 10.1 Å². The molecule has 0 radical (unpaired) electrons. The highest BCUT2D eigenvalue weighted by Gasteiger charge is 2.26. The third-order valence-electron chi connectivity index (χ3n) is 4.71. The Balaban J connectivity index is 1.89. The monoisotopic (exact) mass is 413 g/mol. The molecule has 1 atom stereocenters. The Morgan fingerprint density at radius 2 is 1.92 bits per heavy atom. The highest BCUT2D eigenvalue weighted by molar-refractivity contribution is 9.10. The van der Waals surface area contributed by atoms with Crippen molar-refractivity contribution < 1.29 is 14.0 Å². The van der Waals surface area contributed by atoms with Crippen molar-refractivity contribution in [2.24, 2.45) is 5.92 Å². The number of nitrogens with zero attached hydrogens (tertiary/aromatic N) is 1. The van der Waals surface area contributed by atoms with Gasteiger partial charge in [0.1, 0.15) is 5.82 Å². The van der Waals surface area contributed by atoms with Gasteiger partial charge < -0.3 is 15.5 Å². The van der Waals surface area contributed by atoms with Crippen LogP contribution in [-0.2, 0) is 9.59 Å². The molecule has 138 valence electrons. The van der Waals surface area contributed by atoms with Crippen molar-refractivity contribution in [3.05, 3.63) is 28.5 Å². The quantitative estimate of drug-likeness (QED) is 0.728. The van der Waals surface area contributed by atoms with Crippen molar-refractivity contribution >= 4 is 33.4 Å². The van der Waals surface area contributed by atoms with E-state index in [9.17, 15) is 14.0 Å². The number of anilines is 1. The summed E-state index contributed by atoms with van der Waals surface area (Å²) in [4.78, 5) is 26.3. The van der Waals surface area contributed by atoms with Crippen LogP contribution in [-0.4, -0.2) is 43.4 Å². The van der Waals surface area contributed by atoms with Gasteiger partial charge in [0, 0.05) is 17.1 Å². The van der Waals surface area contributed by atoms with Crippen LogP contribution in [0.3, 0.4) is 0 Å². The molecule has 1 aliphatic carbocycles. The molecule has 0 unspecified atom stereocenters. The first-order valence-corrected chi connectivity index (χ1v) is 9.38. The highest BCUT2D eigenvalue weighted by atomic mass is 79.9. The Kier molecular flexibility index (Phi) is 7.38. The lowest BCUT2D eigenvalue weighted by atomic mass is 9.83. The standard InChI is InChI=1S/C18H25BrFN3O2/c1-23(2)16(12-6-4-3-5-7-12)11-21-17(24)18(25)22-15-9-8-13(20)10-14(15)19/h8-10,12,16H,3-7,11H2,1-2H3,(H,21,24)(H,22,25)/t16-/m1/s1. The number of carbonyl (C=O) groups excluding carboxylic acids is 2. The van der Waals surface area contributed by atoms with E-state index in [1.165, 1.54) is 37.5 Å². The SMILES string of the molecule is CN(C)[C@H](CNC(=O)C(=O)Nc1ccc(F)cc1Br)C1CCCCC1. The molecule has 0 heterocycles. The van der Waals surface area contributed by atoms with Gasteiger partial charge in [-0.15, -0.1) is 0 Å². The van der Waals surface area contributed by atoms with E-state index in [-0.39, 0.29) is 6.04 Å². The van der Waals surface area contributed by atoms with Gasteiger partial charge in [-0.05, 0) is 67.0 Å². The van der Waals surface area contributed by atoms with Crippen LogP contribution < -0.4 is 10.6 Å². The van der Waals surface area contributed by atoms with E-state index in [1.54, 1.807) is 0 Å². The van der Waals surface area contributed by atoms with Gasteiger partial charge in [-0.3, -0.25) is 9.59 Å². The molecular formula is C18H25BrFN3O2. The predicted octanol–water partition coefficient (Wildman–Crippen LogP) is 3.15. The first kappa shape index (κ1) is 19.8. The van der Waals surface area contributed by atoms with Crippen molar-refractivity contribution in [3.8, 4) is 0 Å². The second-order valence-corrected chi connectivity index (χ2v) is 7.57. The number of halogens is 2. The molecule has 25 heavy (non-hydrogen) atoms. The lowest BCUT2D eigenvalue weighted by Crippen LogP contribution is -2.47. The number of benzene rings is 1. The van der Waals surface area contributed by atoms with Gasteiger partial charge in [0.15, 0.2) is 0 Å². The lowest BCUT2D eigenvalue weighted by molar-refractivity contribution is -0.136. The van der Waals surface area contributed by atoms with Gasteiger partial charge in [0.2, 0.25) is 0 Å². The second kappa shape index (κ2) is 9.29. The molecule has 0 saturated heterocycles. The fourth-order valence-electron chi connectivity index (χ4n) is 3.34. The summed E-state index contributed by atoms with van der Waals surface area (Å²) < 4.78 is 13.5. The molecule has 7 heteroatoms. The lowest BCUT2D eigenvalue weighted by Gasteiger charge is -2.34. The second-order valence-electron chi connectivity index (χ2n) is 6.72. The van der Waals surface area contributed by atoms with Gasteiger partial charge >= 0.3 is 11.8 Å². The Bertz CT molecular complexity index is 618. The zero-order chi connectivity index (χ0) is 18.4. The van der Waals surface area contributed by atoms with Gasteiger partial charge in [-0.2, -0.15) is 0 Å². The molecule has 2 N–H and O–H groups in total. The summed E-state index contributed by atoms with van der Waals surface area (Å²) in [5.74, 6) is -1.32. The van der Waals surface area contributed by atoms with E-state index in [0.29, 0.717) is 22.6 Å². The Hall–Kier alpha value is -1.47. The molecule has 1 saturated carbocycles. The summed E-state index contributed by atoms with van der Waals surface area (Å²) in [6.07, 6.45) is 6.04. The summed E-state index contributed by atoms with van der Waals surface area (Å²) in [5, 5.41) is 5.22. The van der Waals surface area contributed by atoms with E-state index < -0.39 is 17.6 Å². The number of rotatable bonds is 5. The predicted molar refractivity (Wildman–Crippen MR) is 99.8 cm³/mol. The molecule has 2 rings (SSSR count). The summed E-state index contributed by atoms with van der Waals surface area (Å²) in [7, 11) is 4.00. The van der Waals surface area contributed by atoms with Gasteiger partial charge in [-0.25, -0.2) is 4.39 Å². The zero-order valence-corrected chi connectivity index (χ0v) is 16.2. The van der Waals surface area contributed by atoms with E-state index >= 15 is 0 Å². The fourth-order valence-corrected chi connectivity index (χ4v) is 3.79. The average Bonchev–Trinajstić information content (AvgIpc) is 2.58. The zero-order valence-electron chi connectivity index (χ0n) is 14.6. The van der Waals surface area contributed by atoms with Crippen LogP contribution in [0.1, 0.15) is 32.1 Å². The number of hydrogen-bond donors (Lipinski definition) is 2.